The molecule has 0 radical (unpaired) electrons. The highest BCUT2D eigenvalue weighted by Crippen LogP contribution is 2.25. The summed E-state index contributed by atoms with van der Waals surface area (Å²) >= 11 is 0. The van der Waals surface area contributed by atoms with Gasteiger partial charge in [-0.25, -0.2) is 8.42 Å². The number of benzene rings is 2. The van der Waals surface area contributed by atoms with E-state index in [-0.39, 0.29) is 16.5 Å². The number of anilines is 2. The summed E-state index contributed by atoms with van der Waals surface area (Å²) in [6.07, 6.45) is 0. The molecule has 0 saturated carbocycles. The van der Waals surface area contributed by atoms with E-state index < -0.39 is 22.5 Å². The number of carbonyl (C=O) groups is 2. The number of hydrogen-bond acceptors (Lipinski definition) is 6. The molecule has 9 nitrogen and oxygen atoms in total. The van der Waals surface area contributed by atoms with E-state index in [1.807, 2.05) is 6.07 Å². The number of nitrogens with zero attached hydrogens (tertiary/aromatic N) is 2. The number of likely N-dealkylation sites (N-methyl/N-ethyl adjacent to an activating group) is 1. The lowest BCUT2D eigenvalue weighted by molar-refractivity contribution is -0.116. The van der Waals surface area contributed by atoms with Crippen LogP contribution in [-0.2, 0) is 19.6 Å². The topological polar surface area (TPSA) is 129 Å². The molecule has 0 spiro atoms. The standard InChI is InChI=1S/C19H20N4O5S/c1-13(24)21-15-5-7-16(8-6-15)29(26,27)23(2)12-19(25)22-17-10-14(11-20)4-9-18(17)28-3/h4-10H,12H2,1-3H3,(H,21,24)(H,22,25). The molecule has 0 bridgehead atoms. The van der Waals surface area contributed by atoms with Crippen LogP contribution in [0.3, 0.4) is 0 Å². The first-order valence-electron chi connectivity index (χ1n) is 8.39. The first-order chi connectivity index (χ1) is 13.7. The smallest absolute Gasteiger partial charge is 0.243 e. The third kappa shape index (κ3) is 5.54. The summed E-state index contributed by atoms with van der Waals surface area (Å²) in [6.45, 7) is 0.897. The second kappa shape index (κ2) is 9.18. The highest BCUT2D eigenvalue weighted by Gasteiger charge is 2.23. The first-order valence-corrected chi connectivity index (χ1v) is 9.83. The maximum absolute atomic E-state index is 12.7. The number of methoxy groups -OCH3 is 1. The minimum atomic E-state index is -3.92. The molecule has 2 amide bonds. The molecule has 0 aliphatic carbocycles. The Morgan fingerprint density at radius 1 is 1.14 bits per heavy atom. The van der Waals surface area contributed by atoms with Gasteiger partial charge < -0.3 is 15.4 Å². The van der Waals surface area contributed by atoms with Gasteiger partial charge in [0.25, 0.3) is 0 Å². The molecular weight excluding hydrogens is 396 g/mol. The number of rotatable bonds is 7. The van der Waals surface area contributed by atoms with Crippen LogP contribution in [0.5, 0.6) is 5.75 Å². The lowest BCUT2D eigenvalue weighted by Gasteiger charge is -2.18. The number of ether oxygens (including phenoxy) is 1. The predicted molar refractivity (Wildman–Crippen MR) is 107 cm³/mol. The molecule has 0 saturated heterocycles. The van der Waals surface area contributed by atoms with Crippen LogP contribution in [0.1, 0.15) is 12.5 Å². The Morgan fingerprint density at radius 3 is 2.34 bits per heavy atom. The third-order valence-electron chi connectivity index (χ3n) is 3.85. The van der Waals surface area contributed by atoms with Gasteiger partial charge in [0.05, 0.1) is 35.9 Å². The van der Waals surface area contributed by atoms with Gasteiger partial charge in [-0.3, -0.25) is 9.59 Å². The van der Waals surface area contributed by atoms with Crippen LogP contribution in [-0.4, -0.2) is 45.2 Å². The van der Waals surface area contributed by atoms with Crippen molar-refractivity contribution in [1.29, 1.82) is 5.26 Å². The maximum atomic E-state index is 12.7. The number of hydrogen-bond donors (Lipinski definition) is 2. The Morgan fingerprint density at radius 2 is 1.79 bits per heavy atom. The van der Waals surface area contributed by atoms with E-state index in [0.717, 1.165) is 4.31 Å². The van der Waals surface area contributed by atoms with Gasteiger partial charge in [0.1, 0.15) is 5.75 Å². The number of amides is 2. The molecule has 0 aromatic heterocycles. The van der Waals surface area contributed by atoms with Gasteiger partial charge in [-0.1, -0.05) is 0 Å². The number of nitriles is 1. The van der Waals surface area contributed by atoms with Crippen LogP contribution in [0.2, 0.25) is 0 Å². The zero-order chi connectivity index (χ0) is 21.6. The van der Waals surface area contributed by atoms with Gasteiger partial charge in [-0.05, 0) is 42.5 Å². The Bertz CT molecular complexity index is 1060. The van der Waals surface area contributed by atoms with Crippen LogP contribution in [0.15, 0.2) is 47.4 Å². The van der Waals surface area contributed by atoms with Crippen molar-refractivity contribution in [3.8, 4) is 11.8 Å². The first kappa shape index (κ1) is 21.9. The maximum Gasteiger partial charge on any atom is 0.243 e. The molecule has 152 valence electrons. The van der Waals surface area contributed by atoms with Crippen molar-refractivity contribution in [2.45, 2.75) is 11.8 Å². The van der Waals surface area contributed by atoms with Gasteiger partial charge in [-0.15, -0.1) is 0 Å². The largest absolute Gasteiger partial charge is 0.495 e. The lowest BCUT2D eigenvalue weighted by Crippen LogP contribution is -2.35. The molecule has 0 atom stereocenters. The van der Waals surface area contributed by atoms with Crippen molar-refractivity contribution < 1.29 is 22.7 Å². The fourth-order valence-electron chi connectivity index (χ4n) is 2.45. The molecule has 2 aromatic carbocycles. The van der Waals surface area contributed by atoms with E-state index in [0.29, 0.717) is 17.0 Å². The molecule has 2 rings (SSSR count). The summed E-state index contributed by atoms with van der Waals surface area (Å²) in [4.78, 5) is 23.4. The van der Waals surface area contributed by atoms with Crippen LogP contribution < -0.4 is 15.4 Å². The summed E-state index contributed by atoms with van der Waals surface area (Å²) in [5, 5.41) is 14.1. The summed E-state index contributed by atoms with van der Waals surface area (Å²) in [5.41, 5.74) is 1.05. The summed E-state index contributed by atoms with van der Waals surface area (Å²) in [5.74, 6) is -0.527. The van der Waals surface area contributed by atoms with E-state index in [1.54, 1.807) is 0 Å². The summed E-state index contributed by atoms with van der Waals surface area (Å²) in [7, 11) is -1.23. The fourth-order valence-corrected chi connectivity index (χ4v) is 3.57. The minimum absolute atomic E-state index is 0.0223. The van der Waals surface area contributed by atoms with E-state index >= 15 is 0 Å². The number of carbonyl (C=O) groups excluding carboxylic acids is 2. The van der Waals surface area contributed by atoms with Crippen molar-refractivity contribution >= 4 is 33.2 Å². The second-order valence-corrected chi connectivity index (χ2v) is 8.09. The van der Waals surface area contributed by atoms with Crippen molar-refractivity contribution in [2.24, 2.45) is 0 Å². The third-order valence-corrected chi connectivity index (χ3v) is 5.67. The zero-order valence-electron chi connectivity index (χ0n) is 16.1. The van der Waals surface area contributed by atoms with Crippen molar-refractivity contribution in [1.82, 2.24) is 4.31 Å². The summed E-state index contributed by atoms with van der Waals surface area (Å²) < 4.78 is 31.4. The normalized spacial score (nSPS) is 10.9. The lowest BCUT2D eigenvalue weighted by atomic mass is 10.2. The van der Waals surface area contributed by atoms with Crippen LogP contribution >= 0.6 is 0 Å². The molecular formula is C19H20N4O5S. The van der Waals surface area contributed by atoms with Gasteiger partial charge >= 0.3 is 0 Å². The second-order valence-electron chi connectivity index (χ2n) is 6.04. The van der Waals surface area contributed by atoms with Gasteiger partial charge in [-0.2, -0.15) is 9.57 Å². The zero-order valence-corrected chi connectivity index (χ0v) is 16.9. The van der Waals surface area contributed by atoms with E-state index in [9.17, 15) is 18.0 Å². The average Bonchev–Trinajstić information content (AvgIpc) is 2.67. The molecule has 0 unspecified atom stereocenters. The molecule has 0 heterocycles. The molecule has 0 fully saturated rings. The van der Waals surface area contributed by atoms with E-state index in [4.69, 9.17) is 10.00 Å². The van der Waals surface area contributed by atoms with E-state index in [1.165, 1.54) is 63.5 Å². The number of nitrogens with one attached hydrogen (secondary N) is 2. The Balaban J connectivity index is 2.12. The minimum Gasteiger partial charge on any atom is -0.495 e. The van der Waals surface area contributed by atoms with Crippen molar-refractivity contribution in [3.05, 3.63) is 48.0 Å². The number of sulfonamides is 1. The van der Waals surface area contributed by atoms with Gasteiger partial charge in [0.15, 0.2) is 0 Å². The monoisotopic (exact) mass is 416 g/mol. The van der Waals surface area contributed by atoms with Crippen LogP contribution in [0.4, 0.5) is 11.4 Å². The van der Waals surface area contributed by atoms with Crippen molar-refractivity contribution in [3.63, 3.8) is 0 Å². The van der Waals surface area contributed by atoms with Crippen molar-refractivity contribution in [2.75, 3.05) is 31.3 Å². The molecule has 10 heteroatoms. The SMILES string of the molecule is COc1ccc(C#N)cc1NC(=O)CN(C)S(=O)(=O)c1ccc(NC(C)=O)cc1. The Kier molecular flexibility index (Phi) is 6.93. The summed E-state index contributed by atoms with van der Waals surface area (Å²) in [6, 6.07) is 12.1. The predicted octanol–water partition coefficient (Wildman–Crippen LogP) is 1.78. The molecule has 2 aromatic rings. The van der Waals surface area contributed by atoms with E-state index in [2.05, 4.69) is 10.6 Å². The highest BCUT2D eigenvalue weighted by molar-refractivity contribution is 7.89. The quantitative estimate of drug-likeness (QED) is 0.708. The fraction of sp³-hybridized carbons (Fsp3) is 0.211. The molecule has 2 N–H and O–H groups in total. The van der Waals surface area contributed by atoms with Crippen LogP contribution in [0.25, 0.3) is 0 Å². The molecule has 0 aliphatic heterocycles. The highest BCUT2D eigenvalue weighted by atomic mass is 32.2. The molecule has 29 heavy (non-hydrogen) atoms. The van der Waals surface area contributed by atoms with Gasteiger partial charge in [0.2, 0.25) is 21.8 Å². The van der Waals surface area contributed by atoms with Gasteiger partial charge in [0, 0.05) is 19.7 Å². The Hall–Kier alpha value is -3.42. The Labute approximate surface area is 168 Å². The average molecular weight is 416 g/mol. The molecule has 0 aliphatic rings. The van der Waals surface area contributed by atoms with Crippen LogP contribution in [0, 0.1) is 11.3 Å².